The van der Waals surface area contributed by atoms with E-state index < -0.39 is 24.4 Å². The van der Waals surface area contributed by atoms with Gasteiger partial charge in [-0.25, -0.2) is 0 Å². The minimum absolute atomic E-state index is 0.130. The average molecular weight is 549 g/mol. The fourth-order valence-electron chi connectivity index (χ4n) is 3.27. The van der Waals surface area contributed by atoms with E-state index in [4.69, 9.17) is 27.2 Å². The SMILES string of the molecule is CC(=O)O.O=C(O)CN1C(=O)/C(=C2/C(=O)N(Cc3ccccc3)c3ccc(Br)cc32)SC1=S. The Kier molecular flexibility index (Phi) is 7.67. The Morgan fingerprint density at radius 1 is 1.03 bits per heavy atom. The summed E-state index contributed by atoms with van der Waals surface area (Å²) < 4.78 is 0.898. The Hall–Kier alpha value is -3.02. The summed E-state index contributed by atoms with van der Waals surface area (Å²) in [5.74, 6) is -2.87. The second-order valence-corrected chi connectivity index (χ2v) is 9.47. The topological polar surface area (TPSA) is 115 Å². The highest BCUT2D eigenvalue weighted by molar-refractivity contribution is 9.10. The minimum Gasteiger partial charge on any atom is -0.481 e. The Morgan fingerprint density at radius 3 is 2.27 bits per heavy atom. The lowest BCUT2D eigenvalue weighted by Gasteiger charge is -2.17. The zero-order valence-electron chi connectivity index (χ0n) is 17.1. The number of thiocarbonyl (C=S) groups is 1. The maximum atomic E-state index is 13.4. The smallest absolute Gasteiger partial charge is 0.323 e. The summed E-state index contributed by atoms with van der Waals surface area (Å²) in [4.78, 5) is 49.1. The van der Waals surface area contributed by atoms with Gasteiger partial charge in [0.25, 0.3) is 17.8 Å². The summed E-state index contributed by atoms with van der Waals surface area (Å²) in [7, 11) is 0. The van der Waals surface area contributed by atoms with Crippen molar-refractivity contribution in [2.75, 3.05) is 11.4 Å². The van der Waals surface area contributed by atoms with E-state index in [9.17, 15) is 14.4 Å². The summed E-state index contributed by atoms with van der Waals surface area (Å²) in [5, 5.41) is 16.5. The summed E-state index contributed by atoms with van der Waals surface area (Å²) in [5.41, 5.74) is 2.52. The lowest BCUT2D eigenvalue weighted by molar-refractivity contribution is -0.140. The molecule has 0 aliphatic carbocycles. The number of benzene rings is 2. The van der Waals surface area contributed by atoms with E-state index in [1.165, 1.54) is 0 Å². The average Bonchev–Trinajstić information content (AvgIpc) is 3.15. The highest BCUT2D eigenvalue weighted by Gasteiger charge is 2.42. The van der Waals surface area contributed by atoms with Gasteiger partial charge in [0.05, 0.1) is 22.7 Å². The molecule has 2 aromatic carbocycles. The molecule has 0 spiro atoms. The molecule has 4 rings (SSSR count). The predicted molar refractivity (Wildman–Crippen MR) is 132 cm³/mol. The molecule has 0 saturated carbocycles. The molecule has 0 bridgehead atoms. The fourth-order valence-corrected chi connectivity index (χ4v) is 4.95. The van der Waals surface area contributed by atoms with Gasteiger partial charge >= 0.3 is 5.97 Å². The molecule has 0 radical (unpaired) electrons. The molecule has 0 aromatic heterocycles. The molecule has 8 nitrogen and oxygen atoms in total. The van der Waals surface area contributed by atoms with Crippen LogP contribution in [-0.4, -0.2) is 49.7 Å². The molecule has 33 heavy (non-hydrogen) atoms. The largest absolute Gasteiger partial charge is 0.481 e. The van der Waals surface area contributed by atoms with Crippen LogP contribution >= 0.6 is 39.9 Å². The van der Waals surface area contributed by atoms with Crippen LogP contribution in [0.2, 0.25) is 0 Å². The molecule has 1 fully saturated rings. The van der Waals surface area contributed by atoms with E-state index in [-0.39, 0.29) is 20.7 Å². The summed E-state index contributed by atoms with van der Waals surface area (Å²) in [6.45, 7) is 0.905. The van der Waals surface area contributed by atoms with Crippen LogP contribution in [0.5, 0.6) is 0 Å². The van der Waals surface area contributed by atoms with Crippen molar-refractivity contribution in [3.8, 4) is 0 Å². The van der Waals surface area contributed by atoms with Crippen molar-refractivity contribution >= 4 is 79.2 Å². The third-order valence-electron chi connectivity index (χ3n) is 4.53. The van der Waals surface area contributed by atoms with Gasteiger partial charge in [0.2, 0.25) is 0 Å². The Morgan fingerprint density at radius 2 is 1.67 bits per heavy atom. The number of anilines is 1. The van der Waals surface area contributed by atoms with Crippen molar-refractivity contribution in [1.29, 1.82) is 0 Å². The Balaban J connectivity index is 0.000000709. The maximum absolute atomic E-state index is 13.4. The lowest BCUT2D eigenvalue weighted by Crippen LogP contribution is -2.33. The number of rotatable bonds is 4. The Labute approximate surface area is 207 Å². The minimum atomic E-state index is -1.17. The van der Waals surface area contributed by atoms with Crippen LogP contribution < -0.4 is 4.90 Å². The first-order valence-electron chi connectivity index (χ1n) is 9.45. The van der Waals surface area contributed by atoms with Crippen molar-refractivity contribution in [2.45, 2.75) is 13.5 Å². The third kappa shape index (κ3) is 5.49. The van der Waals surface area contributed by atoms with Gasteiger partial charge < -0.3 is 15.1 Å². The van der Waals surface area contributed by atoms with Crippen molar-refractivity contribution in [1.82, 2.24) is 4.90 Å². The van der Waals surface area contributed by atoms with Gasteiger partial charge in [0, 0.05) is 17.0 Å². The number of nitrogens with zero attached hydrogens (tertiary/aromatic N) is 2. The van der Waals surface area contributed by atoms with E-state index in [2.05, 4.69) is 15.9 Å². The van der Waals surface area contributed by atoms with Crippen LogP contribution in [0.1, 0.15) is 18.1 Å². The predicted octanol–water partition coefficient (Wildman–Crippen LogP) is 3.74. The molecule has 11 heteroatoms. The maximum Gasteiger partial charge on any atom is 0.323 e. The number of hydrogen-bond donors (Lipinski definition) is 2. The second-order valence-electron chi connectivity index (χ2n) is 6.91. The number of aliphatic carboxylic acids is 2. The molecule has 170 valence electrons. The number of carboxylic acids is 2. The number of halogens is 1. The summed E-state index contributed by atoms with van der Waals surface area (Å²) >= 11 is 9.57. The van der Waals surface area contributed by atoms with Crippen LogP contribution in [0.3, 0.4) is 0 Å². The molecule has 2 aliphatic rings. The van der Waals surface area contributed by atoms with E-state index in [0.29, 0.717) is 17.8 Å². The molecule has 2 N–H and O–H groups in total. The zero-order valence-corrected chi connectivity index (χ0v) is 20.4. The fraction of sp³-hybridized carbons (Fsp3) is 0.136. The molecule has 0 unspecified atom stereocenters. The monoisotopic (exact) mass is 548 g/mol. The molecule has 0 atom stereocenters. The van der Waals surface area contributed by atoms with Crippen molar-refractivity contribution in [3.63, 3.8) is 0 Å². The summed E-state index contributed by atoms with van der Waals surface area (Å²) in [6.07, 6.45) is 0. The van der Waals surface area contributed by atoms with Crippen molar-refractivity contribution in [2.24, 2.45) is 0 Å². The van der Waals surface area contributed by atoms with Gasteiger partial charge in [-0.1, -0.05) is 70.2 Å². The standard InChI is InChI=1S/C20H13BrN2O4S2.C2H4O2/c21-12-6-7-14-13(8-12)16(17-19(27)23(10-15(24)25)20(28)29-17)18(26)22(14)9-11-4-2-1-3-5-11;1-2(3)4/h1-8H,9-10H2,(H,24,25);1H3,(H,3,4)/b17-16-;. The number of carbonyl (C=O) groups excluding carboxylic acids is 2. The number of thioether (sulfide) groups is 1. The number of hydrogen-bond acceptors (Lipinski definition) is 6. The zero-order chi connectivity index (χ0) is 24.3. The summed E-state index contributed by atoms with van der Waals surface area (Å²) in [6, 6.07) is 15.0. The van der Waals surface area contributed by atoms with E-state index in [1.54, 1.807) is 11.0 Å². The first kappa shape index (κ1) is 24.6. The second kappa shape index (κ2) is 10.3. The normalized spacial score (nSPS) is 17.1. The van der Waals surface area contributed by atoms with Crippen LogP contribution in [0.25, 0.3) is 5.57 Å². The number of amides is 2. The molecule has 2 aliphatic heterocycles. The number of carboxylic acid groups (broad SMARTS) is 2. The quantitative estimate of drug-likeness (QED) is 0.438. The highest BCUT2D eigenvalue weighted by atomic mass is 79.9. The Bertz CT molecular complexity index is 1190. The molecular formula is C22H17BrN2O6S2. The molecular weight excluding hydrogens is 532 g/mol. The van der Waals surface area contributed by atoms with Crippen molar-refractivity contribution < 1.29 is 29.4 Å². The number of fused-ring (bicyclic) bond motifs is 1. The van der Waals surface area contributed by atoms with E-state index in [0.717, 1.165) is 33.6 Å². The van der Waals surface area contributed by atoms with Crippen molar-refractivity contribution in [3.05, 3.63) is 69.0 Å². The van der Waals surface area contributed by atoms with Gasteiger partial charge in [-0.3, -0.25) is 24.1 Å². The van der Waals surface area contributed by atoms with Gasteiger partial charge in [0.15, 0.2) is 0 Å². The first-order valence-corrected chi connectivity index (χ1v) is 11.5. The highest BCUT2D eigenvalue weighted by Crippen LogP contribution is 2.45. The van der Waals surface area contributed by atoms with Crippen LogP contribution in [0, 0.1) is 0 Å². The van der Waals surface area contributed by atoms with Crippen LogP contribution in [0.15, 0.2) is 57.9 Å². The molecule has 1 saturated heterocycles. The number of carbonyl (C=O) groups is 4. The van der Waals surface area contributed by atoms with Crippen LogP contribution in [-0.2, 0) is 25.7 Å². The first-order chi connectivity index (χ1) is 15.6. The lowest BCUT2D eigenvalue weighted by atomic mass is 10.1. The van der Waals surface area contributed by atoms with E-state index >= 15 is 0 Å². The van der Waals surface area contributed by atoms with Crippen LogP contribution in [0.4, 0.5) is 5.69 Å². The van der Waals surface area contributed by atoms with Gasteiger partial charge in [0.1, 0.15) is 10.9 Å². The van der Waals surface area contributed by atoms with Gasteiger partial charge in [-0.2, -0.15) is 0 Å². The molecule has 2 aromatic rings. The van der Waals surface area contributed by atoms with E-state index in [1.807, 2.05) is 42.5 Å². The molecule has 2 heterocycles. The third-order valence-corrected chi connectivity index (χ3v) is 6.47. The van der Waals surface area contributed by atoms with Gasteiger partial charge in [-0.05, 0) is 23.8 Å². The molecule has 2 amide bonds. The van der Waals surface area contributed by atoms with Gasteiger partial charge in [-0.15, -0.1) is 0 Å².